The molecule has 0 spiro atoms. The van der Waals surface area contributed by atoms with Gasteiger partial charge in [0, 0.05) is 47.6 Å². The van der Waals surface area contributed by atoms with Crippen molar-refractivity contribution in [1.82, 2.24) is 15.0 Å². The SMILES string of the molecule is c1ccc(-c2ccc(-c3ccccc3-c3nc(-c4cccc5c4sc4ccccc45)nc(-c4cccc5oc6ccccc6c45)n3)cc2)cc1. The minimum Gasteiger partial charge on any atom is -0.456 e. The fourth-order valence-corrected chi connectivity index (χ4v) is 8.24. The Balaban J connectivity index is 1.21. The number of thiophene rings is 1. The van der Waals surface area contributed by atoms with Crippen molar-refractivity contribution in [2.24, 2.45) is 0 Å². The molecule has 0 saturated heterocycles. The molecule has 10 rings (SSSR count). The number of benzene rings is 7. The number of furan rings is 1. The van der Waals surface area contributed by atoms with Crippen LogP contribution in [0.5, 0.6) is 0 Å². The maximum absolute atomic E-state index is 6.28. The smallest absolute Gasteiger partial charge is 0.165 e. The van der Waals surface area contributed by atoms with E-state index in [-0.39, 0.29) is 0 Å². The maximum Gasteiger partial charge on any atom is 0.165 e. The highest BCUT2D eigenvalue weighted by Crippen LogP contribution is 2.41. The molecule has 0 fully saturated rings. The maximum atomic E-state index is 6.28. The van der Waals surface area contributed by atoms with Gasteiger partial charge in [-0.05, 0) is 46.5 Å². The van der Waals surface area contributed by atoms with Crippen molar-refractivity contribution in [3.63, 3.8) is 0 Å². The lowest BCUT2D eigenvalue weighted by Crippen LogP contribution is -2.01. The number of para-hydroxylation sites is 1. The van der Waals surface area contributed by atoms with Gasteiger partial charge in [-0.2, -0.15) is 0 Å². The molecule has 0 atom stereocenters. The molecular formula is C45H27N3OS. The average Bonchev–Trinajstić information content (AvgIpc) is 3.77. The molecule has 50 heavy (non-hydrogen) atoms. The van der Waals surface area contributed by atoms with E-state index in [2.05, 4.69) is 127 Å². The second-order valence-electron chi connectivity index (χ2n) is 12.4. The molecule has 0 aliphatic heterocycles. The van der Waals surface area contributed by atoms with Crippen molar-refractivity contribution < 1.29 is 4.42 Å². The van der Waals surface area contributed by atoms with Gasteiger partial charge in [0.2, 0.25) is 0 Å². The van der Waals surface area contributed by atoms with Crippen LogP contribution in [0.1, 0.15) is 0 Å². The fraction of sp³-hybridized carbons (Fsp3) is 0. The Morgan fingerprint density at radius 1 is 0.360 bits per heavy atom. The second kappa shape index (κ2) is 11.6. The predicted molar refractivity (Wildman–Crippen MR) is 207 cm³/mol. The standard InChI is InChI=1S/C45H27N3OS/c1-2-12-28(13-3-1)29-24-26-30(27-25-29)31-14-4-5-16-34(31)43-46-44(36-19-11-22-39-41(36)35-17-6-8-21-38(35)49-39)48-45(47-43)37-20-10-18-33-32-15-7-9-23-40(32)50-42(33)37/h1-27H. The first-order valence-electron chi connectivity index (χ1n) is 16.6. The van der Waals surface area contributed by atoms with Gasteiger partial charge in [0.1, 0.15) is 11.2 Å². The Bertz CT molecular complexity index is 2870. The molecule has 0 bridgehead atoms. The molecule has 4 nitrogen and oxygen atoms in total. The van der Waals surface area contributed by atoms with E-state index in [1.165, 1.54) is 26.6 Å². The zero-order valence-electron chi connectivity index (χ0n) is 26.7. The number of nitrogens with zero attached hydrogens (tertiary/aromatic N) is 3. The summed E-state index contributed by atoms with van der Waals surface area (Å²) in [5, 5.41) is 4.47. The topological polar surface area (TPSA) is 51.8 Å². The monoisotopic (exact) mass is 657 g/mol. The lowest BCUT2D eigenvalue weighted by Gasteiger charge is -2.13. The van der Waals surface area contributed by atoms with Gasteiger partial charge in [0.25, 0.3) is 0 Å². The van der Waals surface area contributed by atoms with Crippen LogP contribution in [-0.2, 0) is 0 Å². The Morgan fingerprint density at radius 2 is 0.900 bits per heavy atom. The van der Waals surface area contributed by atoms with E-state index in [0.717, 1.165) is 54.5 Å². The van der Waals surface area contributed by atoms with Crippen molar-refractivity contribution in [2.75, 3.05) is 0 Å². The summed E-state index contributed by atoms with van der Waals surface area (Å²) in [5.41, 5.74) is 9.00. The Labute approximate surface area is 292 Å². The molecule has 0 saturated carbocycles. The van der Waals surface area contributed by atoms with E-state index in [4.69, 9.17) is 19.4 Å². The van der Waals surface area contributed by atoms with Crippen LogP contribution in [0.4, 0.5) is 0 Å². The van der Waals surface area contributed by atoms with Crippen LogP contribution in [-0.4, -0.2) is 15.0 Å². The van der Waals surface area contributed by atoms with Gasteiger partial charge < -0.3 is 4.42 Å². The first kappa shape index (κ1) is 28.6. The summed E-state index contributed by atoms with van der Waals surface area (Å²) >= 11 is 1.78. The van der Waals surface area contributed by atoms with Crippen molar-refractivity contribution in [2.45, 2.75) is 0 Å². The van der Waals surface area contributed by atoms with Gasteiger partial charge in [-0.15, -0.1) is 11.3 Å². The molecule has 0 N–H and O–H groups in total. The highest BCUT2D eigenvalue weighted by atomic mass is 32.1. The van der Waals surface area contributed by atoms with Gasteiger partial charge in [-0.3, -0.25) is 0 Å². The molecule has 0 amide bonds. The normalized spacial score (nSPS) is 11.6. The summed E-state index contributed by atoms with van der Waals surface area (Å²) in [4.78, 5) is 15.8. The Kier molecular flexibility index (Phi) is 6.64. The van der Waals surface area contributed by atoms with Crippen LogP contribution in [0.25, 0.3) is 98.5 Å². The number of fused-ring (bicyclic) bond motifs is 6. The summed E-state index contributed by atoms with van der Waals surface area (Å²) in [5.74, 6) is 1.87. The second-order valence-corrected chi connectivity index (χ2v) is 13.4. The number of aromatic nitrogens is 3. The zero-order chi connectivity index (χ0) is 33.0. The van der Waals surface area contributed by atoms with Gasteiger partial charge in [-0.25, -0.2) is 15.0 Å². The summed E-state index contributed by atoms with van der Waals surface area (Å²) in [6.45, 7) is 0. The molecule has 7 aromatic carbocycles. The molecule has 3 aromatic heterocycles. The third-order valence-corrected chi connectivity index (χ3v) is 10.6. The number of hydrogen-bond acceptors (Lipinski definition) is 5. The first-order chi connectivity index (χ1) is 24.8. The average molecular weight is 658 g/mol. The van der Waals surface area contributed by atoms with Gasteiger partial charge in [-0.1, -0.05) is 140 Å². The number of rotatable bonds is 5. The van der Waals surface area contributed by atoms with Crippen LogP contribution >= 0.6 is 11.3 Å². The molecule has 0 aliphatic carbocycles. The van der Waals surface area contributed by atoms with Crippen LogP contribution in [0.15, 0.2) is 168 Å². The Hall–Kier alpha value is -6.43. The molecule has 10 aromatic rings. The number of hydrogen-bond donors (Lipinski definition) is 0. The van der Waals surface area contributed by atoms with Crippen LogP contribution < -0.4 is 0 Å². The van der Waals surface area contributed by atoms with Crippen molar-refractivity contribution in [3.05, 3.63) is 164 Å². The lowest BCUT2D eigenvalue weighted by atomic mass is 9.96. The highest BCUT2D eigenvalue weighted by Gasteiger charge is 2.21. The van der Waals surface area contributed by atoms with E-state index in [0.29, 0.717) is 17.5 Å². The first-order valence-corrected chi connectivity index (χ1v) is 17.4. The molecule has 234 valence electrons. The molecule has 0 aliphatic rings. The van der Waals surface area contributed by atoms with Crippen molar-refractivity contribution >= 4 is 53.4 Å². The molecule has 3 heterocycles. The zero-order valence-corrected chi connectivity index (χ0v) is 27.6. The van der Waals surface area contributed by atoms with Crippen LogP contribution in [0, 0.1) is 0 Å². The molecule has 0 radical (unpaired) electrons. The fourth-order valence-electron chi connectivity index (χ4n) is 7.02. The quantitative estimate of drug-likeness (QED) is 0.185. The van der Waals surface area contributed by atoms with Gasteiger partial charge in [0.05, 0.1) is 0 Å². The largest absolute Gasteiger partial charge is 0.456 e. The van der Waals surface area contributed by atoms with Crippen molar-refractivity contribution in [3.8, 4) is 56.4 Å². The highest BCUT2D eigenvalue weighted by molar-refractivity contribution is 7.26. The summed E-state index contributed by atoms with van der Waals surface area (Å²) in [7, 11) is 0. The van der Waals surface area contributed by atoms with Crippen LogP contribution in [0.2, 0.25) is 0 Å². The predicted octanol–water partition coefficient (Wildman–Crippen LogP) is 12.5. The lowest BCUT2D eigenvalue weighted by molar-refractivity contribution is 0.669. The molecule has 0 unspecified atom stereocenters. The van der Waals surface area contributed by atoms with Crippen LogP contribution in [0.3, 0.4) is 0 Å². The van der Waals surface area contributed by atoms with E-state index >= 15 is 0 Å². The van der Waals surface area contributed by atoms with Gasteiger partial charge in [0.15, 0.2) is 17.5 Å². The van der Waals surface area contributed by atoms with Gasteiger partial charge >= 0.3 is 0 Å². The van der Waals surface area contributed by atoms with E-state index in [1.54, 1.807) is 11.3 Å². The molecular weight excluding hydrogens is 631 g/mol. The van der Waals surface area contributed by atoms with E-state index in [9.17, 15) is 0 Å². The third kappa shape index (κ3) is 4.71. The summed E-state index contributed by atoms with van der Waals surface area (Å²) < 4.78 is 8.68. The van der Waals surface area contributed by atoms with E-state index < -0.39 is 0 Å². The minimum atomic E-state index is 0.606. The van der Waals surface area contributed by atoms with Crippen molar-refractivity contribution in [1.29, 1.82) is 0 Å². The van der Waals surface area contributed by atoms with E-state index in [1.807, 2.05) is 36.4 Å². The molecule has 5 heteroatoms. The summed E-state index contributed by atoms with van der Waals surface area (Å²) in [6, 6.07) is 56.8. The third-order valence-electron chi connectivity index (χ3n) is 9.40. The minimum absolute atomic E-state index is 0.606. The summed E-state index contributed by atoms with van der Waals surface area (Å²) in [6.07, 6.45) is 0. The Morgan fingerprint density at radius 3 is 1.74 bits per heavy atom.